The Labute approximate surface area is 107 Å². The standard InChI is InChI=1S/C13H18ClN3/c1-3-13(9-16-12(15)17(13)4-2)10-6-5-7-11(14)8-10/h5-8H,3-4,9H2,1-2H3,(H2,15,16). The maximum atomic E-state index is 6.08. The molecule has 0 bridgehead atoms. The Kier molecular flexibility index (Phi) is 3.29. The molecule has 2 rings (SSSR count). The van der Waals surface area contributed by atoms with Crippen LogP contribution in [-0.4, -0.2) is 23.9 Å². The largest absolute Gasteiger partial charge is 0.370 e. The second-order valence-corrected chi connectivity index (χ2v) is 4.75. The lowest BCUT2D eigenvalue weighted by atomic mass is 9.86. The van der Waals surface area contributed by atoms with Crippen molar-refractivity contribution in [2.24, 2.45) is 10.7 Å². The summed E-state index contributed by atoms with van der Waals surface area (Å²) in [6, 6.07) is 8.00. The molecule has 92 valence electrons. The maximum Gasteiger partial charge on any atom is 0.192 e. The first-order valence-corrected chi connectivity index (χ1v) is 6.35. The van der Waals surface area contributed by atoms with Crippen molar-refractivity contribution in [1.29, 1.82) is 0 Å². The molecule has 0 fully saturated rings. The van der Waals surface area contributed by atoms with Crippen molar-refractivity contribution >= 4 is 17.6 Å². The fraction of sp³-hybridized carbons (Fsp3) is 0.462. The number of hydrogen-bond donors (Lipinski definition) is 1. The zero-order chi connectivity index (χ0) is 12.5. The quantitative estimate of drug-likeness (QED) is 0.897. The average molecular weight is 252 g/mol. The second-order valence-electron chi connectivity index (χ2n) is 4.31. The summed E-state index contributed by atoms with van der Waals surface area (Å²) in [4.78, 5) is 6.56. The number of hydrogen-bond acceptors (Lipinski definition) is 3. The molecule has 0 amide bonds. The molecule has 1 unspecified atom stereocenters. The number of benzene rings is 1. The normalized spacial score (nSPS) is 23.9. The fourth-order valence-corrected chi connectivity index (χ4v) is 2.79. The molecule has 1 aliphatic heterocycles. The summed E-state index contributed by atoms with van der Waals surface area (Å²) in [5.41, 5.74) is 7.03. The lowest BCUT2D eigenvalue weighted by molar-refractivity contribution is 0.202. The third-order valence-corrected chi connectivity index (χ3v) is 3.79. The van der Waals surface area contributed by atoms with Crippen LogP contribution < -0.4 is 5.73 Å². The minimum Gasteiger partial charge on any atom is -0.370 e. The van der Waals surface area contributed by atoms with Crippen LogP contribution in [0.3, 0.4) is 0 Å². The maximum absolute atomic E-state index is 6.08. The number of aliphatic imine (C=N–C) groups is 1. The molecule has 0 spiro atoms. The van der Waals surface area contributed by atoms with E-state index >= 15 is 0 Å². The van der Waals surface area contributed by atoms with E-state index in [2.05, 4.69) is 29.8 Å². The third-order valence-electron chi connectivity index (χ3n) is 3.56. The van der Waals surface area contributed by atoms with Gasteiger partial charge in [-0.2, -0.15) is 0 Å². The molecule has 0 aliphatic carbocycles. The van der Waals surface area contributed by atoms with Crippen molar-refractivity contribution in [3.05, 3.63) is 34.9 Å². The van der Waals surface area contributed by atoms with Gasteiger partial charge >= 0.3 is 0 Å². The van der Waals surface area contributed by atoms with Crippen LogP contribution in [0, 0.1) is 0 Å². The summed E-state index contributed by atoms with van der Waals surface area (Å²) in [5, 5.41) is 0.761. The minimum absolute atomic E-state index is 0.121. The molecule has 17 heavy (non-hydrogen) atoms. The molecule has 1 heterocycles. The van der Waals surface area contributed by atoms with Crippen LogP contribution >= 0.6 is 11.6 Å². The van der Waals surface area contributed by atoms with E-state index in [1.54, 1.807) is 0 Å². The van der Waals surface area contributed by atoms with Gasteiger partial charge in [-0.15, -0.1) is 0 Å². The van der Waals surface area contributed by atoms with Crippen LogP contribution in [0.5, 0.6) is 0 Å². The Hall–Kier alpha value is -1.22. The molecule has 1 aliphatic rings. The van der Waals surface area contributed by atoms with E-state index in [0.29, 0.717) is 12.5 Å². The number of nitrogens with two attached hydrogens (primary N) is 1. The van der Waals surface area contributed by atoms with E-state index in [4.69, 9.17) is 17.3 Å². The van der Waals surface area contributed by atoms with Crippen LogP contribution in [0.4, 0.5) is 0 Å². The highest BCUT2D eigenvalue weighted by Gasteiger charge is 2.41. The predicted octanol–water partition coefficient (Wildman–Crippen LogP) is 2.60. The third kappa shape index (κ3) is 1.89. The summed E-state index contributed by atoms with van der Waals surface area (Å²) in [7, 11) is 0. The molecule has 3 nitrogen and oxygen atoms in total. The molecule has 4 heteroatoms. The Morgan fingerprint density at radius 2 is 2.24 bits per heavy atom. The summed E-state index contributed by atoms with van der Waals surface area (Å²) >= 11 is 6.08. The van der Waals surface area contributed by atoms with Gasteiger partial charge in [-0.05, 0) is 31.0 Å². The molecule has 1 aromatic carbocycles. The molecular formula is C13H18ClN3. The van der Waals surface area contributed by atoms with Crippen molar-refractivity contribution in [2.45, 2.75) is 25.8 Å². The smallest absolute Gasteiger partial charge is 0.192 e. The van der Waals surface area contributed by atoms with Crippen molar-refractivity contribution < 1.29 is 0 Å². The van der Waals surface area contributed by atoms with Gasteiger partial charge in [0.05, 0.1) is 12.1 Å². The van der Waals surface area contributed by atoms with Gasteiger partial charge in [0.2, 0.25) is 0 Å². The molecule has 0 aromatic heterocycles. The Balaban J connectivity index is 2.46. The first-order chi connectivity index (χ1) is 8.14. The van der Waals surface area contributed by atoms with Crippen LogP contribution in [0.2, 0.25) is 5.02 Å². The van der Waals surface area contributed by atoms with Crippen LogP contribution in [0.25, 0.3) is 0 Å². The molecule has 2 N–H and O–H groups in total. The lowest BCUT2D eigenvalue weighted by Gasteiger charge is -2.38. The van der Waals surface area contributed by atoms with Crippen LogP contribution in [0.15, 0.2) is 29.3 Å². The van der Waals surface area contributed by atoms with Gasteiger partial charge < -0.3 is 10.6 Å². The summed E-state index contributed by atoms with van der Waals surface area (Å²) in [6.07, 6.45) is 0.964. The van der Waals surface area contributed by atoms with Crippen LogP contribution in [0.1, 0.15) is 25.8 Å². The van der Waals surface area contributed by atoms with Gasteiger partial charge in [0.25, 0.3) is 0 Å². The highest BCUT2D eigenvalue weighted by molar-refractivity contribution is 6.30. The Morgan fingerprint density at radius 3 is 2.82 bits per heavy atom. The number of rotatable bonds is 3. The van der Waals surface area contributed by atoms with Crippen molar-refractivity contribution in [1.82, 2.24) is 4.90 Å². The summed E-state index contributed by atoms with van der Waals surface area (Å²) in [6.45, 7) is 5.83. The lowest BCUT2D eigenvalue weighted by Crippen LogP contribution is -2.48. The molecule has 0 saturated heterocycles. The number of nitrogens with zero attached hydrogens (tertiary/aromatic N) is 2. The molecule has 1 atom stereocenters. The van der Waals surface area contributed by atoms with Gasteiger partial charge in [-0.3, -0.25) is 4.99 Å². The second kappa shape index (κ2) is 4.57. The van der Waals surface area contributed by atoms with Crippen molar-refractivity contribution in [2.75, 3.05) is 13.1 Å². The Bertz CT molecular complexity index is 444. The van der Waals surface area contributed by atoms with E-state index in [-0.39, 0.29) is 5.54 Å². The summed E-state index contributed by atoms with van der Waals surface area (Å²) < 4.78 is 0. The predicted molar refractivity (Wildman–Crippen MR) is 72.3 cm³/mol. The topological polar surface area (TPSA) is 41.6 Å². The number of guanidine groups is 1. The van der Waals surface area contributed by atoms with Gasteiger partial charge in [-0.25, -0.2) is 0 Å². The molecule has 1 aromatic rings. The van der Waals surface area contributed by atoms with Crippen molar-refractivity contribution in [3.63, 3.8) is 0 Å². The number of likely N-dealkylation sites (N-methyl/N-ethyl adjacent to an activating group) is 1. The van der Waals surface area contributed by atoms with Gasteiger partial charge in [0.1, 0.15) is 0 Å². The molecule has 0 radical (unpaired) electrons. The highest BCUT2D eigenvalue weighted by Crippen LogP contribution is 2.36. The molecular weight excluding hydrogens is 234 g/mol. The van der Waals surface area contributed by atoms with E-state index in [9.17, 15) is 0 Å². The SMILES string of the molecule is CCN1C(N)=NCC1(CC)c1cccc(Cl)c1. The van der Waals surface area contributed by atoms with E-state index < -0.39 is 0 Å². The van der Waals surface area contributed by atoms with E-state index in [0.717, 1.165) is 18.0 Å². The van der Waals surface area contributed by atoms with Gasteiger partial charge in [0, 0.05) is 11.6 Å². The summed E-state index contributed by atoms with van der Waals surface area (Å²) in [5.74, 6) is 0.634. The van der Waals surface area contributed by atoms with E-state index in [1.165, 1.54) is 5.56 Å². The zero-order valence-corrected chi connectivity index (χ0v) is 11.0. The van der Waals surface area contributed by atoms with Gasteiger partial charge in [0.15, 0.2) is 5.96 Å². The zero-order valence-electron chi connectivity index (χ0n) is 10.3. The highest BCUT2D eigenvalue weighted by atomic mass is 35.5. The van der Waals surface area contributed by atoms with Crippen molar-refractivity contribution in [3.8, 4) is 0 Å². The van der Waals surface area contributed by atoms with Gasteiger partial charge in [-0.1, -0.05) is 30.7 Å². The number of halogens is 1. The van der Waals surface area contributed by atoms with E-state index in [1.807, 2.05) is 18.2 Å². The van der Waals surface area contributed by atoms with Crippen LogP contribution in [-0.2, 0) is 5.54 Å². The monoisotopic (exact) mass is 251 g/mol. The molecule has 0 saturated carbocycles. The fourth-order valence-electron chi connectivity index (χ4n) is 2.60. The average Bonchev–Trinajstić information content (AvgIpc) is 2.66. The first kappa shape index (κ1) is 12.2. The Morgan fingerprint density at radius 1 is 1.47 bits per heavy atom. The minimum atomic E-state index is -0.121. The first-order valence-electron chi connectivity index (χ1n) is 5.97.